The summed E-state index contributed by atoms with van der Waals surface area (Å²) in [6.45, 7) is 10.4. The van der Waals surface area contributed by atoms with Crippen LogP contribution in [0, 0.1) is 18.6 Å². The maximum absolute atomic E-state index is 15.6. The van der Waals surface area contributed by atoms with E-state index >= 15 is 4.39 Å². The Morgan fingerprint density at radius 3 is 2.55 bits per heavy atom. The fourth-order valence-corrected chi connectivity index (χ4v) is 5.78. The van der Waals surface area contributed by atoms with Gasteiger partial charge in [-0.2, -0.15) is 0 Å². The number of hydrogen-bond donors (Lipinski definition) is 1. The first-order valence-electron chi connectivity index (χ1n) is 14.7. The fraction of sp³-hybridized carbons (Fsp3) is 0.406. The lowest BCUT2D eigenvalue weighted by Crippen LogP contribution is -2.41. The van der Waals surface area contributed by atoms with Crippen LogP contribution in [0.5, 0.6) is 0 Å². The SMILES string of the molecule is Cc1c(N2CCC[C@@H]2C(=O)OC(C)(C)C)nc2cc(F)cc(F)c2c1Nc1cc(N2CCOCC2)ncc1-c1cncnc1. The van der Waals surface area contributed by atoms with Crippen LogP contribution in [0.2, 0.25) is 0 Å². The lowest BCUT2D eigenvalue weighted by Gasteiger charge is -2.30. The lowest BCUT2D eigenvalue weighted by molar-refractivity contribution is -0.156. The summed E-state index contributed by atoms with van der Waals surface area (Å²) in [7, 11) is 0. The molecule has 2 aliphatic heterocycles. The number of anilines is 4. The van der Waals surface area contributed by atoms with E-state index in [1.807, 2.05) is 38.7 Å². The maximum atomic E-state index is 15.6. The maximum Gasteiger partial charge on any atom is 0.329 e. The zero-order valence-electron chi connectivity index (χ0n) is 25.2. The number of pyridine rings is 2. The van der Waals surface area contributed by atoms with E-state index in [4.69, 9.17) is 19.4 Å². The van der Waals surface area contributed by atoms with E-state index in [0.717, 1.165) is 18.3 Å². The molecule has 230 valence electrons. The van der Waals surface area contributed by atoms with Gasteiger partial charge in [0.05, 0.1) is 35.5 Å². The number of benzene rings is 1. The summed E-state index contributed by atoms with van der Waals surface area (Å²) in [5, 5.41) is 3.61. The topological polar surface area (TPSA) is 106 Å². The van der Waals surface area contributed by atoms with Gasteiger partial charge in [-0.15, -0.1) is 0 Å². The Hall–Kier alpha value is -4.45. The molecule has 6 rings (SSSR count). The number of rotatable bonds is 6. The number of nitrogens with one attached hydrogen (secondary N) is 1. The molecule has 2 fully saturated rings. The molecule has 1 atom stereocenters. The van der Waals surface area contributed by atoms with Crippen LogP contribution in [0.15, 0.2) is 43.1 Å². The second-order valence-electron chi connectivity index (χ2n) is 12.0. The standard InChI is InChI=1S/C32H35F2N7O3/c1-19-29(38-24-14-27(40-8-10-43-11-9-40)37-17-22(24)20-15-35-18-36-16-20)28-23(34)12-21(33)13-25(28)39-30(19)41-7-5-6-26(41)31(42)44-32(2,3)4/h12-18,26H,5-11H2,1-4H3,(H,37,38,39)/t26-/m1/s1. The van der Waals surface area contributed by atoms with Crippen molar-refractivity contribution in [2.24, 2.45) is 0 Å². The van der Waals surface area contributed by atoms with Crippen molar-refractivity contribution in [3.05, 3.63) is 60.3 Å². The van der Waals surface area contributed by atoms with E-state index in [9.17, 15) is 9.18 Å². The first-order valence-corrected chi connectivity index (χ1v) is 14.7. The summed E-state index contributed by atoms with van der Waals surface area (Å²) in [6, 6.07) is 3.39. The first-order chi connectivity index (χ1) is 21.1. The summed E-state index contributed by atoms with van der Waals surface area (Å²) in [6.07, 6.45) is 7.87. The van der Waals surface area contributed by atoms with Gasteiger partial charge < -0.3 is 24.6 Å². The van der Waals surface area contributed by atoms with E-state index in [-0.39, 0.29) is 16.9 Å². The van der Waals surface area contributed by atoms with Gasteiger partial charge in [-0.1, -0.05) is 0 Å². The third kappa shape index (κ3) is 5.99. The molecule has 0 aliphatic carbocycles. The number of halogens is 2. The number of ether oxygens (including phenoxy) is 2. The van der Waals surface area contributed by atoms with E-state index in [0.29, 0.717) is 73.2 Å². The predicted octanol–water partition coefficient (Wildman–Crippen LogP) is 5.56. The minimum absolute atomic E-state index is 0.132. The Labute approximate surface area is 254 Å². The van der Waals surface area contributed by atoms with Crippen molar-refractivity contribution in [2.45, 2.75) is 52.2 Å². The highest BCUT2D eigenvalue weighted by atomic mass is 19.1. The molecule has 0 saturated carbocycles. The molecule has 3 aromatic heterocycles. The number of carbonyl (C=O) groups excluding carboxylic acids is 1. The second kappa shape index (κ2) is 11.9. The first kappa shape index (κ1) is 29.6. The Morgan fingerprint density at radius 2 is 1.82 bits per heavy atom. The number of esters is 1. The Balaban J connectivity index is 1.50. The highest BCUT2D eigenvalue weighted by Crippen LogP contribution is 2.41. The molecule has 0 unspecified atom stereocenters. The lowest BCUT2D eigenvalue weighted by atomic mass is 10.0. The molecule has 0 radical (unpaired) electrons. The molecule has 0 amide bonds. The molecular formula is C32H35F2N7O3. The molecular weight excluding hydrogens is 568 g/mol. The molecule has 10 nitrogen and oxygen atoms in total. The summed E-state index contributed by atoms with van der Waals surface area (Å²) >= 11 is 0. The quantitative estimate of drug-likeness (QED) is 0.282. The van der Waals surface area contributed by atoms with Crippen LogP contribution in [-0.4, -0.2) is 70.4 Å². The van der Waals surface area contributed by atoms with Gasteiger partial charge in [-0.25, -0.2) is 33.5 Å². The van der Waals surface area contributed by atoms with Crippen LogP contribution in [0.3, 0.4) is 0 Å². The number of hydrogen-bond acceptors (Lipinski definition) is 10. The van der Waals surface area contributed by atoms with Crippen molar-refractivity contribution in [3.8, 4) is 11.1 Å². The van der Waals surface area contributed by atoms with E-state index in [1.165, 1.54) is 12.4 Å². The number of aromatic nitrogens is 4. The van der Waals surface area contributed by atoms with Gasteiger partial charge in [0.2, 0.25) is 0 Å². The predicted molar refractivity (Wildman–Crippen MR) is 164 cm³/mol. The smallest absolute Gasteiger partial charge is 0.329 e. The van der Waals surface area contributed by atoms with Crippen LogP contribution in [0.25, 0.3) is 22.0 Å². The van der Waals surface area contributed by atoms with Crippen LogP contribution in [0.1, 0.15) is 39.2 Å². The average Bonchev–Trinajstić information content (AvgIpc) is 3.48. The molecule has 5 heterocycles. The fourth-order valence-electron chi connectivity index (χ4n) is 5.78. The monoisotopic (exact) mass is 603 g/mol. The van der Waals surface area contributed by atoms with Crippen LogP contribution in [0.4, 0.5) is 31.8 Å². The number of fused-ring (bicyclic) bond motifs is 1. The van der Waals surface area contributed by atoms with Crippen molar-refractivity contribution >= 4 is 39.9 Å². The summed E-state index contributed by atoms with van der Waals surface area (Å²) < 4.78 is 41.4. The molecule has 4 aromatic rings. The average molecular weight is 604 g/mol. The van der Waals surface area contributed by atoms with Gasteiger partial charge >= 0.3 is 5.97 Å². The molecule has 1 aromatic carbocycles. The zero-order chi connectivity index (χ0) is 31.0. The Morgan fingerprint density at radius 1 is 1.07 bits per heavy atom. The molecule has 44 heavy (non-hydrogen) atoms. The van der Waals surface area contributed by atoms with Gasteiger partial charge in [-0.05, 0) is 40.5 Å². The van der Waals surface area contributed by atoms with Crippen LogP contribution in [-0.2, 0) is 14.3 Å². The molecule has 2 saturated heterocycles. The van der Waals surface area contributed by atoms with E-state index in [1.54, 1.807) is 18.6 Å². The normalized spacial score (nSPS) is 17.3. The highest BCUT2D eigenvalue weighted by molar-refractivity contribution is 5.99. The van der Waals surface area contributed by atoms with Gasteiger partial charge in [-0.3, -0.25) is 0 Å². The minimum Gasteiger partial charge on any atom is -0.458 e. The van der Waals surface area contributed by atoms with Gasteiger partial charge in [0, 0.05) is 73.1 Å². The Kier molecular flexibility index (Phi) is 8.02. The summed E-state index contributed by atoms with van der Waals surface area (Å²) in [4.78, 5) is 35.0. The van der Waals surface area contributed by atoms with Crippen molar-refractivity contribution in [3.63, 3.8) is 0 Å². The van der Waals surface area contributed by atoms with E-state index in [2.05, 4.69) is 20.2 Å². The molecule has 0 bridgehead atoms. The van der Waals surface area contributed by atoms with E-state index < -0.39 is 23.3 Å². The number of morpholine rings is 1. The molecule has 2 aliphatic rings. The van der Waals surface area contributed by atoms with Gasteiger partial charge in [0.15, 0.2) is 0 Å². The van der Waals surface area contributed by atoms with Gasteiger partial charge in [0.1, 0.15) is 41.2 Å². The number of nitrogens with zero attached hydrogens (tertiary/aromatic N) is 6. The molecule has 1 N–H and O–H groups in total. The van der Waals surface area contributed by atoms with Crippen molar-refractivity contribution in [1.82, 2.24) is 19.9 Å². The van der Waals surface area contributed by atoms with Gasteiger partial charge in [0.25, 0.3) is 0 Å². The third-order valence-corrected chi connectivity index (χ3v) is 7.78. The largest absolute Gasteiger partial charge is 0.458 e. The summed E-state index contributed by atoms with van der Waals surface area (Å²) in [5.74, 6) is -0.656. The zero-order valence-corrected chi connectivity index (χ0v) is 25.2. The molecule has 0 spiro atoms. The van der Waals surface area contributed by atoms with Crippen LogP contribution >= 0.6 is 0 Å². The van der Waals surface area contributed by atoms with Crippen molar-refractivity contribution in [1.29, 1.82) is 0 Å². The van der Waals surface area contributed by atoms with Crippen LogP contribution < -0.4 is 15.1 Å². The Bertz CT molecular complexity index is 1690. The minimum atomic E-state index is -0.748. The third-order valence-electron chi connectivity index (χ3n) is 7.78. The molecule has 12 heteroatoms. The van der Waals surface area contributed by atoms with Crippen molar-refractivity contribution < 1.29 is 23.0 Å². The number of carbonyl (C=O) groups is 1. The second-order valence-corrected chi connectivity index (χ2v) is 12.0. The summed E-state index contributed by atoms with van der Waals surface area (Å²) in [5.41, 5.74) is 2.53. The van der Waals surface area contributed by atoms with Crippen molar-refractivity contribution in [2.75, 3.05) is 48.0 Å². The highest BCUT2D eigenvalue weighted by Gasteiger charge is 2.36.